The van der Waals surface area contributed by atoms with Gasteiger partial charge in [0.05, 0.1) is 27.4 Å². The van der Waals surface area contributed by atoms with E-state index in [1.54, 1.807) is 20.4 Å². The molecule has 7 heteroatoms. The van der Waals surface area contributed by atoms with Crippen LogP contribution in [-0.2, 0) is 13.0 Å². The minimum atomic E-state index is 0.495. The van der Waals surface area contributed by atoms with Crippen LogP contribution in [0.2, 0.25) is 0 Å². The Balaban J connectivity index is 1.96. The summed E-state index contributed by atoms with van der Waals surface area (Å²) in [5.41, 5.74) is 2.12. The summed E-state index contributed by atoms with van der Waals surface area (Å²) in [4.78, 5) is 8.92. The first kappa shape index (κ1) is 21.3. The van der Waals surface area contributed by atoms with Gasteiger partial charge in [-0.2, -0.15) is 0 Å². The lowest BCUT2D eigenvalue weighted by Gasteiger charge is -2.13. The van der Waals surface area contributed by atoms with Gasteiger partial charge < -0.3 is 24.8 Å². The van der Waals surface area contributed by atoms with Gasteiger partial charge in [0.1, 0.15) is 0 Å². The highest BCUT2D eigenvalue weighted by Gasteiger charge is 2.06. The summed E-state index contributed by atoms with van der Waals surface area (Å²) >= 11 is 0. The van der Waals surface area contributed by atoms with Crippen LogP contribution in [0.5, 0.6) is 17.4 Å². The molecule has 0 spiro atoms. The van der Waals surface area contributed by atoms with Crippen molar-refractivity contribution in [2.24, 2.45) is 4.99 Å². The number of hydrogen-bond acceptors (Lipinski definition) is 5. The van der Waals surface area contributed by atoms with Gasteiger partial charge in [0.15, 0.2) is 17.5 Å². The molecule has 0 bridgehead atoms. The second kappa shape index (κ2) is 11.7. The maximum Gasteiger partial charge on any atom is 0.218 e. The monoisotopic (exact) mass is 386 g/mol. The summed E-state index contributed by atoms with van der Waals surface area (Å²) in [6.45, 7) is 6.59. The van der Waals surface area contributed by atoms with Gasteiger partial charge in [-0.05, 0) is 44.0 Å². The summed E-state index contributed by atoms with van der Waals surface area (Å²) in [6.07, 6.45) is 2.56. The SMILES string of the molecule is CCNC(=NCc1cccnc1OCC)NCCc1ccc(OC)c(OC)c1. The number of rotatable bonds is 10. The smallest absolute Gasteiger partial charge is 0.218 e. The molecule has 0 saturated heterocycles. The number of nitrogens with zero attached hydrogens (tertiary/aromatic N) is 2. The van der Waals surface area contributed by atoms with Crippen molar-refractivity contribution in [3.63, 3.8) is 0 Å². The molecule has 7 nitrogen and oxygen atoms in total. The lowest BCUT2D eigenvalue weighted by atomic mass is 10.1. The maximum atomic E-state index is 5.57. The maximum absolute atomic E-state index is 5.57. The number of aromatic nitrogens is 1. The third-order valence-corrected chi connectivity index (χ3v) is 4.04. The van der Waals surface area contributed by atoms with Crippen LogP contribution in [-0.4, -0.2) is 44.9 Å². The summed E-state index contributed by atoms with van der Waals surface area (Å²) in [6, 6.07) is 9.83. The Hall–Kier alpha value is -2.96. The van der Waals surface area contributed by atoms with Crippen molar-refractivity contribution in [1.29, 1.82) is 0 Å². The molecular weight excluding hydrogens is 356 g/mol. The lowest BCUT2D eigenvalue weighted by molar-refractivity contribution is 0.323. The fraction of sp³-hybridized carbons (Fsp3) is 0.429. The number of benzene rings is 1. The zero-order chi connectivity index (χ0) is 20.2. The van der Waals surface area contributed by atoms with E-state index in [1.807, 2.05) is 44.2 Å². The average molecular weight is 386 g/mol. The molecule has 0 unspecified atom stereocenters. The van der Waals surface area contributed by atoms with Crippen molar-refractivity contribution < 1.29 is 14.2 Å². The topological polar surface area (TPSA) is 77.0 Å². The Morgan fingerprint density at radius 2 is 1.89 bits per heavy atom. The normalized spacial score (nSPS) is 11.1. The van der Waals surface area contributed by atoms with Crippen molar-refractivity contribution in [2.45, 2.75) is 26.8 Å². The van der Waals surface area contributed by atoms with Crippen LogP contribution in [0.1, 0.15) is 25.0 Å². The first-order valence-electron chi connectivity index (χ1n) is 9.51. The number of methoxy groups -OCH3 is 2. The molecule has 0 atom stereocenters. The fourth-order valence-electron chi connectivity index (χ4n) is 2.68. The molecule has 2 aromatic rings. The minimum Gasteiger partial charge on any atom is -0.493 e. The molecule has 0 amide bonds. The fourth-order valence-corrected chi connectivity index (χ4v) is 2.68. The Morgan fingerprint density at radius 3 is 2.61 bits per heavy atom. The van der Waals surface area contributed by atoms with E-state index >= 15 is 0 Å². The third-order valence-electron chi connectivity index (χ3n) is 4.04. The van der Waals surface area contributed by atoms with Crippen LogP contribution in [0.25, 0.3) is 0 Å². The number of guanidine groups is 1. The van der Waals surface area contributed by atoms with Crippen molar-refractivity contribution >= 4 is 5.96 Å². The molecule has 0 saturated carbocycles. The largest absolute Gasteiger partial charge is 0.493 e. The van der Waals surface area contributed by atoms with E-state index < -0.39 is 0 Å². The second-order valence-electron chi connectivity index (χ2n) is 5.96. The van der Waals surface area contributed by atoms with E-state index in [2.05, 4.69) is 20.6 Å². The average Bonchev–Trinajstić information content (AvgIpc) is 2.73. The van der Waals surface area contributed by atoms with Gasteiger partial charge in [-0.25, -0.2) is 9.98 Å². The highest BCUT2D eigenvalue weighted by atomic mass is 16.5. The van der Waals surface area contributed by atoms with E-state index in [0.29, 0.717) is 19.0 Å². The highest BCUT2D eigenvalue weighted by Crippen LogP contribution is 2.27. The molecule has 0 aliphatic heterocycles. The molecule has 0 aliphatic carbocycles. The van der Waals surface area contributed by atoms with Crippen molar-refractivity contribution in [3.05, 3.63) is 47.7 Å². The number of pyridine rings is 1. The first-order valence-corrected chi connectivity index (χ1v) is 9.51. The highest BCUT2D eigenvalue weighted by molar-refractivity contribution is 5.79. The van der Waals surface area contributed by atoms with Crippen LogP contribution in [0, 0.1) is 0 Å². The van der Waals surface area contributed by atoms with E-state index in [-0.39, 0.29) is 0 Å². The molecule has 1 heterocycles. The lowest BCUT2D eigenvalue weighted by Crippen LogP contribution is -2.38. The number of nitrogens with one attached hydrogen (secondary N) is 2. The Bertz CT molecular complexity index is 765. The summed E-state index contributed by atoms with van der Waals surface area (Å²) in [7, 11) is 3.28. The zero-order valence-electron chi connectivity index (χ0n) is 17.1. The number of ether oxygens (including phenoxy) is 3. The van der Waals surface area contributed by atoms with Crippen molar-refractivity contribution in [2.75, 3.05) is 33.9 Å². The van der Waals surface area contributed by atoms with E-state index in [9.17, 15) is 0 Å². The molecule has 0 aliphatic rings. The Kier molecular flexibility index (Phi) is 8.91. The summed E-state index contributed by atoms with van der Waals surface area (Å²) in [5.74, 6) is 2.86. The van der Waals surface area contributed by atoms with Crippen LogP contribution >= 0.6 is 0 Å². The molecule has 28 heavy (non-hydrogen) atoms. The van der Waals surface area contributed by atoms with Gasteiger partial charge in [-0.3, -0.25) is 0 Å². The van der Waals surface area contributed by atoms with Gasteiger partial charge in [-0.1, -0.05) is 12.1 Å². The van der Waals surface area contributed by atoms with Crippen LogP contribution in [0.15, 0.2) is 41.5 Å². The minimum absolute atomic E-state index is 0.495. The summed E-state index contributed by atoms with van der Waals surface area (Å²) in [5, 5.41) is 6.63. The Labute approximate surface area is 167 Å². The molecule has 0 radical (unpaired) electrons. The molecule has 2 rings (SSSR count). The van der Waals surface area contributed by atoms with Gasteiger partial charge in [0, 0.05) is 24.8 Å². The molecule has 152 valence electrons. The first-order chi connectivity index (χ1) is 13.7. The van der Waals surface area contributed by atoms with Crippen LogP contribution in [0.3, 0.4) is 0 Å². The van der Waals surface area contributed by atoms with Gasteiger partial charge in [0.25, 0.3) is 0 Å². The molecule has 1 aromatic carbocycles. The number of aliphatic imine (C=N–C) groups is 1. The van der Waals surface area contributed by atoms with E-state index in [0.717, 1.165) is 48.1 Å². The van der Waals surface area contributed by atoms with E-state index in [1.165, 1.54) is 0 Å². The molecule has 2 N–H and O–H groups in total. The van der Waals surface area contributed by atoms with Gasteiger partial charge >= 0.3 is 0 Å². The van der Waals surface area contributed by atoms with Crippen molar-refractivity contribution in [1.82, 2.24) is 15.6 Å². The Morgan fingerprint density at radius 1 is 1.07 bits per heavy atom. The van der Waals surface area contributed by atoms with Crippen molar-refractivity contribution in [3.8, 4) is 17.4 Å². The summed E-state index contributed by atoms with van der Waals surface area (Å²) < 4.78 is 16.2. The third kappa shape index (κ3) is 6.33. The van der Waals surface area contributed by atoms with Gasteiger partial charge in [-0.15, -0.1) is 0 Å². The van der Waals surface area contributed by atoms with Crippen LogP contribution < -0.4 is 24.8 Å². The zero-order valence-corrected chi connectivity index (χ0v) is 17.1. The second-order valence-corrected chi connectivity index (χ2v) is 5.96. The molecule has 0 fully saturated rings. The standard InChI is InChI=1S/C21H30N4O3/c1-5-22-21(25-15-17-8-7-12-23-20(17)28-6-2)24-13-11-16-9-10-18(26-3)19(14-16)27-4/h7-10,12,14H,5-6,11,13,15H2,1-4H3,(H2,22,24,25). The predicted molar refractivity (Wildman–Crippen MR) is 111 cm³/mol. The van der Waals surface area contributed by atoms with E-state index in [4.69, 9.17) is 14.2 Å². The van der Waals surface area contributed by atoms with Gasteiger partial charge in [0.2, 0.25) is 5.88 Å². The predicted octanol–water partition coefficient (Wildman–Crippen LogP) is 2.80. The van der Waals surface area contributed by atoms with Crippen LogP contribution in [0.4, 0.5) is 0 Å². The molecule has 1 aromatic heterocycles. The quantitative estimate of drug-likeness (QED) is 0.483. The number of hydrogen-bond donors (Lipinski definition) is 2. The molecular formula is C21H30N4O3.